The molecule has 0 radical (unpaired) electrons. The van der Waals surface area contributed by atoms with Gasteiger partial charge in [-0.25, -0.2) is 0 Å². The summed E-state index contributed by atoms with van der Waals surface area (Å²) in [6.45, 7) is 9.97. The Bertz CT molecular complexity index is 269. The van der Waals surface area contributed by atoms with Gasteiger partial charge in [0.05, 0.1) is 0 Å². The van der Waals surface area contributed by atoms with Crippen LogP contribution in [-0.4, -0.2) is 0 Å². The predicted molar refractivity (Wildman–Crippen MR) is 69.1 cm³/mol. The van der Waals surface area contributed by atoms with E-state index in [9.17, 15) is 0 Å². The molecule has 0 amide bonds. The maximum atomic E-state index is 2.55. The Morgan fingerprint density at radius 1 is 1.00 bits per heavy atom. The maximum absolute atomic E-state index is 2.55. The first-order chi connectivity index (χ1) is 7.63. The number of fused-ring (bicyclic) bond motifs is 5. The highest BCUT2D eigenvalue weighted by Crippen LogP contribution is 2.65. The zero-order chi connectivity index (χ0) is 11.4. The molecule has 0 N–H and O–H groups in total. The van der Waals surface area contributed by atoms with Crippen molar-refractivity contribution in [3.8, 4) is 0 Å². The van der Waals surface area contributed by atoms with Crippen molar-refractivity contribution in [3.63, 3.8) is 0 Å². The lowest BCUT2D eigenvalue weighted by Gasteiger charge is -2.35. The molecule has 3 aliphatic carbocycles. The van der Waals surface area contributed by atoms with E-state index in [0.29, 0.717) is 0 Å². The van der Waals surface area contributed by atoms with Crippen molar-refractivity contribution >= 4 is 0 Å². The second kappa shape index (κ2) is 3.75. The van der Waals surface area contributed by atoms with E-state index < -0.39 is 0 Å². The van der Waals surface area contributed by atoms with E-state index >= 15 is 0 Å². The Kier molecular flexibility index (Phi) is 2.60. The lowest BCUT2D eigenvalue weighted by atomic mass is 9.69. The number of rotatable bonds is 2. The third-order valence-electron chi connectivity index (χ3n) is 6.63. The normalized spacial score (nSPS) is 56.6. The molecule has 0 aromatic rings. The highest BCUT2D eigenvalue weighted by atomic mass is 14.6. The van der Waals surface area contributed by atoms with Crippen molar-refractivity contribution in [1.29, 1.82) is 0 Å². The Labute approximate surface area is 101 Å². The van der Waals surface area contributed by atoms with Gasteiger partial charge in [0, 0.05) is 0 Å². The molecule has 3 fully saturated rings. The quantitative estimate of drug-likeness (QED) is 0.638. The molecule has 0 saturated heterocycles. The smallest absolute Gasteiger partial charge is 0.0319 e. The van der Waals surface area contributed by atoms with Crippen molar-refractivity contribution in [3.05, 3.63) is 0 Å². The van der Waals surface area contributed by atoms with E-state index in [2.05, 4.69) is 27.7 Å². The average molecular weight is 220 g/mol. The first-order valence-corrected chi connectivity index (χ1v) is 7.63. The van der Waals surface area contributed by atoms with Gasteiger partial charge in [-0.1, -0.05) is 34.1 Å². The highest BCUT2D eigenvalue weighted by Gasteiger charge is 2.58. The summed E-state index contributed by atoms with van der Waals surface area (Å²) in [5, 5.41) is 0. The Morgan fingerprint density at radius 2 is 1.75 bits per heavy atom. The first-order valence-electron chi connectivity index (χ1n) is 7.63. The first kappa shape index (κ1) is 11.1. The lowest BCUT2D eigenvalue weighted by molar-refractivity contribution is 0.125. The average Bonchev–Trinajstić information content (AvgIpc) is 2.88. The van der Waals surface area contributed by atoms with Crippen LogP contribution in [0.25, 0.3) is 0 Å². The van der Waals surface area contributed by atoms with Crippen molar-refractivity contribution in [1.82, 2.24) is 0 Å². The van der Waals surface area contributed by atoms with Gasteiger partial charge in [0.25, 0.3) is 0 Å². The molecule has 0 aromatic heterocycles. The SMILES string of the molecule is CC[C@H](C)C1CC(C)C2C3CC(C)C(C3)C21. The summed E-state index contributed by atoms with van der Waals surface area (Å²) in [6.07, 6.45) is 6.09. The standard InChI is InChI=1S/C16H28/c1-5-9(2)13-7-11(4)15-12-6-10(3)14(8-12)16(13)15/h9-16H,5-8H2,1-4H3/t9-,10?,11?,12?,13?,14?,15?,16?/m0/s1. The molecule has 0 heteroatoms. The van der Waals surface area contributed by atoms with Crippen LogP contribution in [-0.2, 0) is 0 Å². The van der Waals surface area contributed by atoms with Gasteiger partial charge in [0.15, 0.2) is 0 Å². The summed E-state index contributed by atoms with van der Waals surface area (Å²) in [5.41, 5.74) is 0. The topological polar surface area (TPSA) is 0 Å². The Hall–Kier alpha value is 0. The fraction of sp³-hybridized carbons (Fsp3) is 1.00. The monoisotopic (exact) mass is 220 g/mol. The largest absolute Gasteiger partial charge is 0.0651 e. The fourth-order valence-corrected chi connectivity index (χ4v) is 5.89. The van der Waals surface area contributed by atoms with Gasteiger partial charge in [-0.2, -0.15) is 0 Å². The van der Waals surface area contributed by atoms with Crippen molar-refractivity contribution < 1.29 is 0 Å². The molecule has 3 saturated carbocycles. The van der Waals surface area contributed by atoms with E-state index in [1.54, 1.807) is 19.3 Å². The minimum absolute atomic E-state index is 0.976. The van der Waals surface area contributed by atoms with E-state index in [1.807, 2.05) is 0 Å². The molecule has 0 aromatic carbocycles. The molecule has 16 heavy (non-hydrogen) atoms. The summed E-state index contributed by atoms with van der Waals surface area (Å²) >= 11 is 0. The van der Waals surface area contributed by atoms with Crippen molar-refractivity contribution in [2.45, 2.75) is 53.4 Å². The lowest BCUT2D eigenvalue weighted by Crippen LogP contribution is -2.30. The number of hydrogen-bond acceptors (Lipinski definition) is 0. The summed E-state index contributed by atoms with van der Waals surface area (Å²) in [5.74, 6) is 8.60. The van der Waals surface area contributed by atoms with Gasteiger partial charge in [-0.15, -0.1) is 0 Å². The van der Waals surface area contributed by atoms with Gasteiger partial charge in [-0.3, -0.25) is 0 Å². The molecule has 0 nitrogen and oxygen atoms in total. The van der Waals surface area contributed by atoms with Crippen LogP contribution in [0.5, 0.6) is 0 Å². The van der Waals surface area contributed by atoms with Crippen molar-refractivity contribution in [2.24, 2.45) is 47.3 Å². The molecule has 8 atom stereocenters. The molecule has 92 valence electrons. The van der Waals surface area contributed by atoms with Gasteiger partial charge >= 0.3 is 0 Å². The molecular formula is C16H28. The minimum Gasteiger partial charge on any atom is -0.0651 e. The number of hydrogen-bond donors (Lipinski definition) is 0. The summed E-state index contributed by atoms with van der Waals surface area (Å²) in [4.78, 5) is 0. The zero-order valence-electron chi connectivity index (χ0n) is 11.4. The van der Waals surface area contributed by atoms with E-state index in [0.717, 1.165) is 47.3 Å². The van der Waals surface area contributed by atoms with Gasteiger partial charge in [0.1, 0.15) is 0 Å². The van der Waals surface area contributed by atoms with Crippen LogP contribution in [0.1, 0.15) is 53.4 Å². The van der Waals surface area contributed by atoms with E-state index in [1.165, 1.54) is 6.42 Å². The molecule has 3 rings (SSSR count). The summed E-state index contributed by atoms with van der Waals surface area (Å²) in [6, 6.07) is 0. The zero-order valence-corrected chi connectivity index (χ0v) is 11.4. The molecule has 0 aliphatic heterocycles. The van der Waals surface area contributed by atoms with Crippen LogP contribution in [0, 0.1) is 47.3 Å². The van der Waals surface area contributed by atoms with Crippen LogP contribution < -0.4 is 0 Å². The second-order valence-corrected chi connectivity index (χ2v) is 7.29. The summed E-state index contributed by atoms with van der Waals surface area (Å²) in [7, 11) is 0. The molecule has 2 bridgehead atoms. The third kappa shape index (κ3) is 1.34. The van der Waals surface area contributed by atoms with Crippen molar-refractivity contribution in [2.75, 3.05) is 0 Å². The van der Waals surface area contributed by atoms with E-state index in [-0.39, 0.29) is 0 Å². The van der Waals surface area contributed by atoms with Crippen LogP contribution in [0.15, 0.2) is 0 Å². The van der Waals surface area contributed by atoms with Gasteiger partial charge in [-0.05, 0) is 66.6 Å². The fourth-order valence-electron chi connectivity index (χ4n) is 5.89. The molecular weight excluding hydrogens is 192 g/mol. The van der Waals surface area contributed by atoms with Gasteiger partial charge < -0.3 is 0 Å². The van der Waals surface area contributed by atoms with Crippen LogP contribution in [0.4, 0.5) is 0 Å². The molecule has 0 heterocycles. The van der Waals surface area contributed by atoms with Gasteiger partial charge in [0.2, 0.25) is 0 Å². The Morgan fingerprint density at radius 3 is 2.44 bits per heavy atom. The predicted octanol–water partition coefficient (Wildman–Crippen LogP) is 4.60. The van der Waals surface area contributed by atoms with Crippen LogP contribution >= 0.6 is 0 Å². The van der Waals surface area contributed by atoms with E-state index in [4.69, 9.17) is 0 Å². The maximum Gasteiger partial charge on any atom is -0.0319 e. The van der Waals surface area contributed by atoms with Crippen LogP contribution in [0.3, 0.4) is 0 Å². The van der Waals surface area contributed by atoms with Crippen LogP contribution in [0.2, 0.25) is 0 Å². The highest BCUT2D eigenvalue weighted by molar-refractivity contribution is 5.07. The molecule has 0 spiro atoms. The molecule has 7 unspecified atom stereocenters. The third-order valence-corrected chi connectivity index (χ3v) is 6.63. The summed E-state index contributed by atoms with van der Waals surface area (Å²) < 4.78 is 0. The minimum atomic E-state index is 0.976. The second-order valence-electron chi connectivity index (χ2n) is 7.29. The molecule has 3 aliphatic rings. The Balaban J connectivity index is 1.85.